The number of hydrogen-bond acceptors (Lipinski definition) is 2. The highest BCUT2D eigenvalue weighted by molar-refractivity contribution is 5.87. The zero-order valence-electron chi connectivity index (χ0n) is 5.92. The van der Waals surface area contributed by atoms with Gasteiger partial charge in [0.1, 0.15) is 6.17 Å². The van der Waals surface area contributed by atoms with Crippen LogP contribution in [0.25, 0.3) is 0 Å². The summed E-state index contributed by atoms with van der Waals surface area (Å²) in [5.74, 6) is -0.116. The quantitative estimate of drug-likeness (QED) is 0.506. The molecule has 3 heteroatoms. The number of rotatable bonds is 0. The van der Waals surface area contributed by atoms with Crippen molar-refractivity contribution in [1.29, 1.82) is 0 Å². The van der Waals surface area contributed by atoms with Crippen molar-refractivity contribution in [3.05, 3.63) is 30.3 Å². The van der Waals surface area contributed by atoms with Crippen LogP contribution in [0.3, 0.4) is 0 Å². The van der Waals surface area contributed by atoms with Crippen molar-refractivity contribution in [2.24, 2.45) is 0 Å². The van der Waals surface area contributed by atoms with Gasteiger partial charge in [-0.1, -0.05) is 6.08 Å². The second kappa shape index (κ2) is 2.42. The molecule has 0 bridgehead atoms. The minimum atomic E-state index is -0.116. The normalized spacial score (nSPS) is 28.2. The van der Waals surface area contributed by atoms with E-state index in [0.29, 0.717) is 6.42 Å². The van der Waals surface area contributed by atoms with Crippen molar-refractivity contribution in [3.8, 4) is 0 Å². The first-order valence-corrected chi connectivity index (χ1v) is 3.52. The van der Waals surface area contributed by atoms with Gasteiger partial charge in [0.2, 0.25) is 5.91 Å². The molecule has 0 saturated carbocycles. The Hall–Kier alpha value is -1.25. The molecular formula is C8H8N2O. The Morgan fingerprint density at radius 1 is 1.64 bits per heavy atom. The number of fused-ring (bicyclic) bond motifs is 1. The minimum Gasteiger partial charge on any atom is -0.368 e. The van der Waals surface area contributed by atoms with Gasteiger partial charge in [-0.3, -0.25) is 4.79 Å². The van der Waals surface area contributed by atoms with Crippen LogP contribution in [0.5, 0.6) is 0 Å². The van der Waals surface area contributed by atoms with E-state index in [0.717, 1.165) is 5.57 Å². The van der Waals surface area contributed by atoms with Crippen molar-refractivity contribution in [1.82, 2.24) is 10.6 Å². The van der Waals surface area contributed by atoms with Crippen LogP contribution >= 0.6 is 0 Å². The van der Waals surface area contributed by atoms with E-state index in [9.17, 15) is 4.79 Å². The van der Waals surface area contributed by atoms with Crippen LogP contribution in [0.1, 0.15) is 6.42 Å². The highest BCUT2D eigenvalue weighted by Crippen LogP contribution is 2.15. The Labute approximate surface area is 65.2 Å². The van der Waals surface area contributed by atoms with E-state index in [1.54, 1.807) is 0 Å². The Kier molecular flexibility index (Phi) is 1.42. The molecule has 0 aliphatic carbocycles. The van der Waals surface area contributed by atoms with Crippen LogP contribution in [0.4, 0.5) is 0 Å². The van der Waals surface area contributed by atoms with E-state index in [1.165, 1.54) is 0 Å². The number of piperidine rings is 1. The van der Waals surface area contributed by atoms with Gasteiger partial charge in [-0.15, -0.1) is 0 Å². The van der Waals surface area contributed by atoms with E-state index in [2.05, 4.69) is 17.1 Å². The lowest BCUT2D eigenvalue weighted by Crippen LogP contribution is -2.48. The molecule has 1 atom stereocenters. The molecule has 1 saturated heterocycles. The van der Waals surface area contributed by atoms with Gasteiger partial charge in [0.15, 0.2) is 0 Å². The monoisotopic (exact) mass is 148 g/mol. The van der Waals surface area contributed by atoms with E-state index >= 15 is 0 Å². The summed E-state index contributed by atoms with van der Waals surface area (Å²) >= 11 is 0. The van der Waals surface area contributed by atoms with Crippen LogP contribution in [-0.4, -0.2) is 12.1 Å². The second-order valence-corrected chi connectivity index (χ2v) is 2.53. The molecule has 2 aliphatic rings. The van der Waals surface area contributed by atoms with E-state index in [1.807, 2.05) is 18.4 Å². The molecule has 11 heavy (non-hydrogen) atoms. The SMILES string of the molecule is O=C1[C]CC2=CC=CNC2N1. The van der Waals surface area contributed by atoms with Crippen LogP contribution in [0.15, 0.2) is 23.9 Å². The third-order valence-electron chi connectivity index (χ3n) is 1.77. The predicted octanol–water partition coefficient (Wildman–Crippen LogP) is -0.0430. The molecule has 0 aromatic carbocycles. The van der Waals surface area contributed by atoms with Gasteiger partial charge in [-0.25, -0.2) is 0 Å². The van der Waals surface area contributed by atoms with Gasteiger partial charge >= 0.3 is 0 Å². The standard InChI is InChI=1S/C8H8N2O/c11-7-4-3-6-2-1-5-9-8(6)10-7/h1-2,5,8-9H,3H2,(H,10,11). The van der Waals surface area contributed by atoms with Gasteiger partial charge in [-0.2, -0.15) is 0 Å². The summed E-state index contributed by atoms with van der Waals surface area (Å²) in [5.41, 5.74) is 1.16. The average Bonchev–Trinajstić information content (AvgIpc) is 2.04. The summed E-state index contributed by atoms with van der Waals surface area (Å²) in [4.78, 5) is 10.8. The number of amides is 1. The Bertz CT molecular complexity index is 242. The van der Waals surface area contributed by atoms with Crippen LogP contribution in [0, 0.1) is 6.42 Å². The lowest BCUT2D eigenvalue weighted by molar-refractivity contribution is -0.119. The summed E-state index contributed by atoms with van der Waals surface area (Å²) < 4.78 is 0. The molecule has 1 fully saturated rings. The predicted molar refractivity (Wildman–Crippen MR) is 40.1 cm³/mol. The number of hydrogen-bond donors (Lipinski definition) is 2. The van der Waals surface area contributed by atoms with Crippen LogP contribution in [0.2, 0.25) is 0 Å². The molecule has 1 amide bonds. The summed E-state index contributed by atoms with van der Waals surface area (Å²) in [6.45, 7) is 0. The second-order valence-electron chi connectivity index (χ2n) is 2.53. The Morgan fingerprint density at radius 2 is 2.55 bits per heavy atom. The van der Waals surface area contributed by atoms with Crippen molar-refractivity contribution in [3.63, 3.8) is 0 Å². The molecule has 0 aromatic rings. The molecule has 3 nitrogen and oxygen atoms in total. The van der Waals surface area contributed by atoms with Crippen molar-refractivity contribution in [2.75, 3.05) is 0 Å². The van der Waals surface area contributed by atoms with Gasteiger partial charge in [0.25, 0.3) is 0 Å². The molecule has 2 aliphatic heterocycles. The fourth-order valence-electron chi connectivity index (χ4n) is 1.19. The molecule has 2 rings (SSSR count). The third kappa shape index (κ3) is 1.13. The maximum absolute atomic E-state index is 10.8. The molecule has 56 valence electrons. The number of nitrogens with one attached hydrogen (secondary N) is 2. The average molecular weight is 148 g/mol. The summed E-state index contributed by atoms with van der Waals surface area (Å²) in [6, 6.07) is 0. The van der Waals surface area contributed by atoms with Gasteiger partial charge in [0, 0.05) is 0 Å². The Morgan fingerprint density at radius 3 is 3.45 bits per heavy atom. The smallest absolute Gasteiger partial charge is 0.230 e. The molecule has 2 heterocycles. The number of dihydropyridines is 1. The van der Waals surface area contributed by atoms with E-state index in [-0.39, 0.29) is 12.1 Å². The molecule has 2 radical (unpaired) electrons. The zero-order chi connectivity index (χ0) is 7.68. The van der Waals surface area contributed by atoms with Gasteiger partial charge < -0.3 is 10.6 Å². The third-order valence-corrected chi connectivity index (χ3v) is 1.77. The number of carbonyl (C=O) groups excluding carboxylic acids is 1. The molecule has 0 spiro atoms. The van der Waals surface area contributed by atoms with Crippen molar-refractivity contribution in [2.45, 2.75) is 12.6 Å². The van der Waals surface area contributed by atoms with Crippen molar-refractivity contribution >= 4 is 5.91 Å². The lowest BCUT2D eigenvalue weighted by atomic mass is 10.0. The number of allylic oxidation sites excluding steroid dienone is 2. The first-order valence-electron chi connectivity index (χ1n) is 3.52. The highest BCUT2D eigenvalue weighted by atomic mass is 16.1. The zero-order valence-corrected chi connectivity index (χ0v) is 5.92. The van der Waals surface area contributed by atoms with E-state index < -0.39 is 0 Å². The highest BCUT2D eigenvalue weighted by Gasteiger charge is 2.22. The largest absolute Gasteiger partial charge is 0.368 e. The topological polar surface area (TPSA) is 41.1 Å². The summed E-state index contributed by atoms with van der Waals surface area (Å²) in [6.07, 6.45) is 9.05. The van der Waals surface area contributed by atoms with Crippen LogP contribution < -0.4 is 10.6 Å². The maximum atomic E-state index is 10.8. The molecule has 2 N–H and O–H groups in total. The maximum Gasteiger partial charge on any atom is 0.230 e. The summed E-state index contributed by atoms with van der Waals surface area (Å²) in [7, 11) is 0. The summed E-state index contributed by atoms with van der Waals surface area (Å²) in [5, 5.41) is 5.77. The first-order chi connectivity index (χ1) is 5.36. The Balaban J connectivity index is 2.16. The number of carbonyl (C=O) groups is 1. The lowest BCUT2D eigenvalue weighted by Gasteiger charge is -2.27. The van der Waals surface area contributed by atoms with Crippen LogP contribution in [-0.2, 0) is 4.79 Å². The molecule has 1 unspecified atom stereocenters. The molecule has 0 aromatic heterocycles. The fourth-order valence-corrected chi connectivity index (χ4v) is 1.19. The minimum absolute atomic E-state index is 0.00579. The fraction of sp³-hybridized carbons (Fsp3) is 0.250. The molecular weight excluding hydrogens is 140 g/mol. The first kappa shape index (κ1) is 6.46. The van der Waals surface area contributed by atoms with Gasteiger partial charge in [0.05, 0.1) is 6.42 Å². The van der Waals surface area contributed by atoms with E-state index in [4.69, 9.17) is 0 Å². The van der Waals surface area contributed by atoms with Crippen molar-refractivity contribution < 1.29 is 4.79 Å². The van der Waals surface area contributed by atoms with Gasteiger partial charge in [-0.05, 0) is 24.3 Å².